The van der Waals surface area contributed by atoms with E-state index in [2.05, 4.69) is 5.10 Å². The van der Waals surface area contributed by atoms with Crippen LogP contribution in [0.2, 0.25) is 0 Å². The smallest absolute Gasteiger partial charge is 0.320 e. The van der Waals surface area contributed by atoms with E-state index in [0.717, 1.165) is 37.9 Å². The molecule has 1 aliphatic heterocycles. The molecule has 0 aliphatic carbocycles. The molecule has 5 heteroatoms. The van der Waals surface area contributed by atoms with Crippen molar-refractivity contribution in [3.05, 3.63) is 18.0 Å². The highest BCUT2D eigenvalue weighted by Gasteiger charge is 2.27. The summed E-state index contributed by atoms with van der Waals surface area (Å²) in [5.41, 5.74) is 0.945. The maximum Gasteiger partial charge on any atom is 0.320 e. The summed E-state index contributed by atoms with van der Waals surface area (Å²) < 4.78 is 1.75. The molecular formula is C12H19N3O2. The van der Waals surface area contributed by atoms with Gasteiger partial charge in [-0.1, -0.05) is 12.8 Å². The lowest BCUT2D eigenvalue weighted by molar-refractivity contribution is -0.143. The van der Waals surface area contributed by atoms with Crippen LogP contribution in [-0.4, -0.2) is 38.3 Å². The number of likely N-dealkylation sites (tertiary alicyclic amines) is 1. The number of aryl methyl sites for hydroxylation is 1. The zero-order valence-corrected chi connectivity index (χ0v) is 10.2. The first-order valence-corrected chi connectivity index (χ1v) is 6.12. The molecule has 1 N–H and O–H groups in total. The van der Waals surface area contributed by atoms with Crippen molar-refractivity contribution in [1.82, 2.24) is 14.7 Å². The minimum atomic E-state index is -0.706. The van der Waals surface area contributed by atoms with Gasteiger partial charge in [0, 0.05) is 19.8 Å². The van der Waals surface area contributed by atoms with Gasteiger partial charge in [-0.2, -0.15) is 5.10 Å². The Morgan fingerprint density at radius 2 is 2.35 bits per heavy atom. The molecule has 1 aromatic heterocycles. The Labute approximate surface area is 101 Å². The van der Waals surface area contributed by atoms with E-state index >= 15 is 0 Å². The fourth-order valence-electron chi connectivity index (χ4n) is 2.39. The van der Waals surface area contributed by atoms with Crippen LogP contribution < -0.4 is 0 Å². The van der Waals surface area contributed by atoms with Gasteiger partial charge in [0.1, 0.15) is 6.04 Å². The van der Waals surface area contributed by atoms with E-state index in [1.807, 2.05) is 24.2 Å². The van der Waals surface area contributed by atoms with Crippen molar-refractivity contribution in [1.29, 1.82) is 0 Å². The molecule has 1 fully saturated rings. The number of hydrogen-bond donors (Lipinski definition) is 1. The maximum atomic E-state index is 11.2. The second kappa shape index (κ2) is 5.31. The fraction of sp³-hybridized carbons (Fsp3) is 0.667. The Bertz CT molecular complexity index is 389. The van der Waals surface area contributed by atoms with Gasteiger partial charge in [0.25, 0.3) is 0 Å². The van der Waals surface area contributed by atoms with Crippen LogP contribution >= 0.6 is 0 Å². The highest BCUT2D eigenvalue weighted by atomic mass is 16.4. The SMILES string of the molecule is Cn1ccc(CN2CCCCCC2C(=O)O)n1. The summed E-state index contributed by atoms with van der Waals surface area (Å²) in [6.45, 7) is 1.49. The molecule has 5 nitrogen and oxygen atoms in total. The number of nitrogens with zero attached hydrogens (tertiary/aromatic N) is 3. The number of carbonyl (C=O) groups is 1. The molecular weight excluding hydrogens is 218 g/mol. The Balaban J connectivity index is 2.07. The zero-order chi connectivity index (χ0) is 12.3. The van der Waals surface area contributed by atoms with Crippen LogP contribution in [0.25, 0.3) is 0 Å². The summed E-state index contributed by atoms with van der Waals surface area (Å²) >= 11 is 0. The highest BCUT2D eigenvalue weighted by Crippen LogP contribution is 2.18. The average molecular weight is 237 g/mol. The van der Waals surface area contributed by atoms with Gasteiger partial charge in [-0.25, -0.2) is 0 Å². The first-order chi connectivity index (χ1) is 8.16. The van der Waals surface area contributed by atoms with Gasteiger partial charge in [-0.05, 0) is 25.5 Å². The van der Waals surface area contributed by atoms with E-state index < -0.39 is 5.97 Å². The second-order valence-corrected chi connectivity index (χ2v) is 4.65. The van der Waals surface area contributed by atoms with Crippen LogP contribution in [0.4, 0.5) is 0 Å². The zero-order valence-electron chi connectivity index (χ0n) is 10.2. The minimum absolute atomic E-state index is 0.348. The lowest BCUT2D eigenvalue weighted by Gasteiger charge is -2.25. The van der Waals surface area contributed by atoms with Gasteiger partial charge in [-0.15, -0.1) is 0 Å². The molecule has 0 aromatic carbocycles. The van der Waals surface area contributed by atoms with Crippen molar-refractivity contribution >= 4 is 5.97 Å². The van der Waals surface area contributed by atoms with Crippen molar-refractivity contribution < 1.29 is 9.90 Å². The van der Waals surface area contributed by atoms with Crippen molar-refractivity contribution in [3.8, 4) is 0 Å². The summed E-state index contributed by atoms with van der Waals surface area (Å²) in [6, 6.07) is 1.60. The molecule has 0 bridgehead atoms. The molecule has 0 saturated carbocycles. The number of carboxylic acid groups (broad SMARTS) is 1. The van der Waals surface area contributed by atoms with E-state index in [4.69, 9.17) is 0 Å². The molecule has 1 unspecified atom stereocenters. The number of aromatic nitrogens is 2. The Hall–Kier alpha value is -1.36. The van der Waals surface area contributed by atoms with Crippen LogP contribution in [0.1, 0.15) is 31.4 Å². The summed E-state index contributed by atoms with van der Waals surface area (Å²) in [6.07, 6.45) is 5.86. The quantitative estimate of drug-likeness (QED) is 0.859. The van der Waals surface area contributed by atoms with Crippen molar-refractivity contribution in [2.75, 3.05) is 6.54 Å². The van der Waals surface area contributed by atoms with Crippen LogP contribution in [0.5, 0.6) is 0 Å². The molecule has 2 heterocycles. The third-order valence-electron chi connectivity index (χ3n) is 3.28. The fourth-order valence-corrected chi connectivity index (χ4v) is 2.39. The van der Waals surface area contributed by atoms with Crippen molar-refractivity contribution in [2.45, 2.75) is 38.3 Å². The van der Waals surface area contributed by atoms with Gasteiger partial charge < -0.3 is 5.11 Å². The normalized spacial score (nSPS) is 22.3. The summed E-state index contributed by atoms with van der Waals surface area (Å²) in [4.78, 5) is 13.3. The topological polar surface area (TPSA) is 58.4 Å². The molecule has 0 spiro atoms. The predicted molar refractivity (Wildman–Crippen MR) is 63.5 cm³/mol. The molecule has 0 radical (unpaired) electrons. The number of aliphatic carboxylic acids is 1. The average Bonchev–Trinajstić information content (AvgIpc) is 2.55. The van der Waals surface area contributed by atoms with E-state index in [-0.39, 0.29) is 6.04 Å². The molecule has 1 atom stereocenters. The molecule has 17 heavy (non-hydrogen) atoms. The van der Waals surface area contributed by atoms with Crippen molar-refractivity contribution in [3.63, 3.8) is 0 Å². The van der Waals surface area contributed by atoms with Crippen LogP contribution in [0, 0.1) is 0 Å². The summed E-state index contributed by atoms with van der Waals surface area (Å²) in [7, 11) is 1.88. The minimum Gasteiger partial charge on any atom is -0.480 e. The van der Waals surface area contributed by atoms with E-state index in [1.54, 1.807) is 4.68 Å². The maximum absolute atomic E-state index is 11.2. The number of carboxylic acids is 1. The van der Waals surface area contributed by atoms with Gasteiger partial charge >= 0.3 is 5.97 Å². The van der Waals surface area contributed by atoms with Crippen molar-refractivity contribution in [2.24, 2.45) is 7.05 Å². The van der Waals surface area contributed by atoms with E-state index in [0.29, 0.717) is 6.54 Å². The standard InChI is InChI=1S/C12H19N3O2/c1-14-8-6-10(13-14)9-15-7-4-2-3-5-11(15)12(16)17/h6,8,11H,2-5,7,9H2,1H3,(H,16,17). The number of hydrogen-bond acceptors (Lipinski definition) is 3. The molecule has 1 aromatic rings. The summed E-state index contributed by atoms with van der Waals surface area (Å²) in [5.74, 6) is -0.706. The van der Waals surface area contributed by atoms with E-state index in [9.17, 15) is 9.90 Å². The second-order valence-electron chi connectivity index (χ2n) is 4.65. The van der Waals surface area contributed by atoms with Gasteiger partial charge in [0.2, 0.25) is 0 Å². The lowest BCUT2D eigenvalue weighted by Crippen LogP contribution is -2.40. The monoisotopic (exact) mass is 237 g/mol. The summed E-state index contributed by atoms with van der Waals surface area (Å²) in [5, 5.41) is 13.6. The van der Waals surface area contributed by atoms with Gasteiger partial charge in [-0.3, -0.25) is 14.4 Å². The number of rotatable bonds is 3. The highest BCUT2D eigenvalue weighted by molar-refractivity contribution is 5.73. The van der Waals surface area contributed by atoms with Gasteiger partial charge in [0.05, 0.1) is 5.69 Å². The molecule has 1 saturated heterocycles. The van der Waals surface area contributed by atoms with Crippen LogP contribution in [0.3, 0.4) is 0 Å². The van der Waals surface area contributed by atoms with E-state index in [1.165, 1.54) is 0 Å². The van der Waals surface area contributed by atoms with Gasteiger partial charge in [0.15, 0.2) is 0 Å². The Morgan fingerprint density at radius 1 is 1.53 bits per heavy atom. The molecule has 0 amide bonds. The Morgan fingerprint density at radius 3 is 3.00 bits per heavy atom. The molecule has 1 aliphatic rings. The first-order valence-electron chi connectivity index (χ1n) is 6.12. The third kappa shape index (κ3) is 3.06. The first kappa shape index (κ1) is 12.1. The Kier molecular flexibility index (Phi) is 3.78. The van der Waals surface area contributed by atoms with Crippen LogP contribution in [0.15, 0.2) is 12.3 Å². The third-order valence-corrected chi connectivity index (χ3v) is 3.28. The van der Waals surface area contributed by atoms with Crippen LogP contribution in [-0.2, 0) is 18.4 Å². The predicted octanol–water partition coefficient (Wildman–Crippen LogP) is 1.25. The molecule has 94 valence electrons. The lowest BCUT2D eigenvalue weighted by atomic mass is 10.1. The molecule has 2 rings (SSSR count). The largest absolute Gasteiger partial charge is 0.480 e.